The number of phosphoric acid groups is 1. The molecule has 2 atom stereocenters. The van der Waals surface area contributed by atoms with Gasteiger partial charge in [-0.1, -0.05) is 4.73 Å². The first kappa shape index (κ1) is 26.1. The summed E-state index contributed by atoms with van der Waals surface area (Å²) in [6, 6.07) is 0. The second-order valence-corrected chi connectivity index (χ2v) is 5.88. The Hall–Kier alpha value is -1.86. The van der Waals surface area contributed by atoms with Gasteiger partial charge in [-0.05, 0) is 16.7 Å². The summed E-state index contributed by atoms with van der Waals surface area (Å²) in [6.45, 7) is 0. The molecule has 0 aromatic rings. The van der Waals surface area contributed by atoms with E-state index in [0.717, 1.165) is 0 Å². The van der Waals surface area contributed by atoms with Gasteiger partial charge in [0.15, 0.2) is 0 Å². The Morgan fingerprint density at radius 3 is 1.46 bits per heavy atom. The van der Waals surface area contributed by atoms with Crippen LogP contribution < -0.4 is 0 Å². The molecule has 14 heteroatoms. The van der Waals surface area contributed by atoms with Crippen molar-refractivity contribution in [1.29, 1.82) is 0 Å². The van der Waals surface area contributed by atoms with Crippen molar-refractivity contribution in [2.75, 3.05) is 0 Å². The van der Waals surface area contributed by atoms with Crippen LogP contribution in [0.1, 0.15) is 12.8 Å². The summed E-state index contributed by atoms with van der Waals surface area (Å²) in [7, 11) is -5.36. The minimum Gasteiger partial charge on any atom is -0.220 e. The third-order valence-corrected chi connectivity index (χ3v) is 2.94. The summed E-state index contributed by atoms with van der Waals surface area (Å²) in [6.07, 6.45) is -3.97. The number of rotatable bonds is 11. The van der Waals surface area contributed by atoms with Gasteiger partial charge >= 0.3 is 20.2 Å². The smallest absolute Gasteiger partial charge is 0.220 e. The summed E-state index contributed by atoms with van der Waals surface area (Å²) in [4.78, 5) is 8.48. The molecule has 0 saturated heterocycles. The Bertz CT molecular complexity index is 607. The maximum absolute atomic E-state index is 12.4. The molecular formula is C14H12F7O6P. The van der Waals surface area contributed by atoms with Crippen LogP contribution in [-0.4, -0.2) is 24.6 Å². The first-order valence-corrected chi connectivity index (χ1v) is 8.30. The minimum absolute atomic E-state index is 0.290. The molecule has 6 nitrogen and oxygen atoms in total. The Kier molecular flexibility index (Phi) is 11.1. The van der Waals surface area contributed by atoms with Crippen LogP contribution >= 0.6 is 7.82 Å². The van der Waals surface area contributed by atoms with Crippen molar-refractivity contribution in [2.45, 2.75) is 37.4 Å². The van der Waals surface area contributed by atoms with Crippen LogP contribution in [0.4, 0.5) is 30.9 Å². The second kappa shape index (κ2) is 11.9. The van der Waals surface area contributed by atoms with Gasteiger partial charge < -0.3 is 0 Å². The zero-order chi connectivity index (χ0) is 21.8. The van der Waals surface area contributed by atoms with Gasteiger partial charge in [-0.3, -0.25) is 0 Å². The summed E-state index contributed by atoms with van der Waals surface area (Å²) in [5.41, 5.74) is 0. The van der Waals surface area contributed by atoms with Crippen molar-refractivity contribution in [3.8, 4) is 24.7 Å². The zero-order valence-electron chi connectivity index (χ0n) is 13.6. The molecule has 0 spiro atoms. The van der Waals surface area contributed by atoms with Gasteiger partial charge in [-0.2, -0.15) is 26.3 Å². The van der Waals surface area contributed by atoms with E-state index in [9.17, 15) is 35.4 Å². The predicted molar refractivity (Wildman–Crippen MR) is 79.0 cm³/mol. The summed E-state index contributed by atoms with van der Waals surface area (Å²) in [5.74, 6) is 3.80. The van der Waals surface area contributed by atoms with Gasteiger partial charge in [0.25, 0.3) is 0 Å². The van der Waals surface area contributed by atoms with E-state index in [0.29, 0.717) is 12.2 Å². The molecule has 0 radical (unpaired) electrons. The van der Waals surface area contributed by atoms with Crippen molar-refractivity contribution in [2.24, 2.45) is 0 Å². The monoisotopic (exact) mass is 440 g/mol. The number of terminal acetylenes is 2. The van der Waals surface area contributed by atoms with E-state index in [2.05, 4.69) is 23.9 Å². The van der Waals surface area contributed by atoms with Crippen LogP contribution in [0.3, 0.4) is 0 Å². The lowest BCUT2D eigenvalue weighted by Crippen LogP contribution is -2.14. The standard InChI is InChI=1S/C14H12F7O6P/c1-3-5-11(7-9-13(15,16)17)23-26-28(22,25-21)27-24-12(6-4-2)8-10-14(18,19)20/h1-2,7-12H,5-6H2/b9-7+,10-8+. The molecule has 0 heterocycles. The number of allylic oxidation sites excluding steroid dienone is 2. The Morgan fingerprint density at radius 1 is 0.857 bits per heavy atom. The highest BCUT2D eigenvalue weighted by Gasteiger charge is 2.35. The van der Waals surface area contributed by atoms with Crippen LogP contribution in [0.25, 0.3) is 0 Å². The third-order valence-electron chi connectivity index (χ3n) is 2.24. The quantitative estimate of drug-likeness (QED) is 0.114. The topological polar surface area (TPSA) is 63.2 Å². The molecule has 2 unspecified atom stereocenters. The molecular weight excluding hydrogens is 428 g/mol. The lowest BCUT2D eigenvalue weighted by molar-refractivity contribution is -0.313. The van der Waals surface area contributed by atoms with Crippen molar-refractivity contribution < 1.29 is 59.3 Å². The molecule has 0 amide bonds. The average molecular weight is 440 g/mol. The lowest BCUT2D eigenvalue weighted by Gasteiger charge is -2.16. The van der Waals surface area contributed by atoms with E-state index in [-0.39, 0.29) is 12.2 Å². The summed E-state index contributed by atoms with van der Waals surface area (Å²) < 4.78 is 108. The number of hydrogen-bond donors (Lipinski definition) is 0. The highest BCUT2D eigenvalue weighted by Crippen LogP contribution is 2.51. The van der Waals surface area contributed by atoms with Crippen molar-refractivity contribution >= 4 is 7.82 Å². The second-order valence-electron chi connectivity index (χ2n) is 4.55. The molecule has 28 heavy (non-hydrogen) atoms. The zero-order valence-corrected chi connectivity index (χ0v) is 14.5. The first-order chi connectivity index (χ1) is 12.8. The van der Waals surface area contributed by atoms with E-state index in [1.165, 1.54) is 0 Å². The predicted octanol–water partition coefficient (Wildman–Crippen LogP) is 4.91. The van der Waals surface area contributed by atoms with Crippen LogP contribution in [0.15, 0.2) is 24.3 Å². The van der Waals surface area contributed by atoms with Crippen LogP contribution in [0.5, 0.6) is 0 Å². The Balaban J connectivity index is 4.97. The number of halogens is 7. The van der Waals surface area contributed by atoms with E-state index < -0.39 is 45.2 Å². The minimum atomic E-state index is -5.36. The van der Waals surface area contributed by atoms with Gasteiger partial charge in [0, 0.05) is 25.0 Å². The fourth-order valence-corrected chi connectivity index (χ4v) is 1.69. The fourth-order valence-electron chi connectivity index (χ4n) is 1.18. The van der Waals surface area contributed by atoms with Crippen LogP contribution in [0.2, 0.25) is 0 Å². The SMILES string of the molecule is C#CCC(/C=C/C(F)(F)F)OOP(=O)(OF)OOC(/C=C/C(F)(F)F)CC#C. The van der Waals surface area contributed by atoms with E-state index in [1.807, 2.05) is 11.8 Å². The fraction of sp³-hybridized carbons (Fsp3) is 0.429. The van der Waals surface area contributed by atoms with Gasteiger partial charge in [0.1, 0.15) is 12.2 Å². The molecule has 0 bridgehead atoms. The molecule has 0 N–H and O–H groups in total. The van der Waals surface area contributed by atoms with E-state index in [4.69, 9.17) is 12.8 Å². The number of hydrogen-bond acceptors (Lipinski definition) is 6. The Morgan fingerprint density at radius 2 is 1.21 bits per heavy atom. The molecule has 0 fully saturated rings. The molecule has 0 aliphatic heterocycles. The van der Waals surface area contributed by atoms with E-state index >= 15 is 0 Å². The third kappa shape index (κ3) is 13.3. The van der Waals surface area contributed by atoms with Gasteiger partial charge in [0.05, 0.1) is 0 Å². The van der Waals surface area contributed by atoms with Crippen LogP contribution in [-0.2, 0) is 28.4 Å². The first-order valence-electron chi connectivity index (χ1n) is 6.83. The number of alkyl halides is 6. The van der Waals surface area contributed by atoms with Crippen LogP contribution in [0, 0.1) is 24.7 Å². The highest BCUT2D eigenvalue weighted by atomic mass is 31.2. The normalized spacial score (nSPS) is 17.2. The largest absolute Gasteiger partial charge is 0.560 e. The van der Waals surface area contributed by atoms with E-state index in [1.54, 1.807) is 0 Å². The average Bonchev–Trinajstić information content (AvgIpc) is 2.58. The molecule has 0 saturated carbocycles. The Labute approximate surface area is 154 Å². The maximum Gasteiger partial charge on any atom is 0.560 e. The van der Waals surface area contributed by atoms with Crippen molar-refractivity contribution in [3.63, 3.8) is 0 Å². The van der Waals surface area contributed by atoms with Gasteiger partial charge in [-0.15, -0.1) is 34.0 Å². The maximum atomic E-state index is 12.4. The highest BCUT2D eigenvalue weighted by molar-refractivity contribution is 7.48. The molecule has 0 aliphatic carbocycles. The molecule has 158 valence electrons. The molecule has 0 aliphatic rings. The molecule has 0 rings (SSSR count). The van der Waals surface area contributed by atoms with Crippen molar-refractivity contribution in [3.05, 3.63) is 24.3 Å². The lowest BCUT2D eigenvalue weighted by atomic mass is 10.2. The summed E-state index contributed by atoms with van der Waals surface area (Å²) in [5, 5.41) is 0. The molecule has 0 aromatic carbocycles. The van der Waals surface area contributed by atoms with Gasteiger partial charge in [-0.25, -0.2) is 14.3 Å². The van der Waals surface area contributed by atoms with Gasteiger partial charge in [0.2, 0.25) is 0 Å². The summed E-state index contributed by atoms with van der Waals surface area (Å²) >= 11 is 0. The van der Waals surface area contributed by atoms with Crippen molar-refractivity contribution in [1.82, 2.24) is 0 Å². The molecule has 0 aromatic heterocycles.